The molecule has 5 heteroatoms. The average Bonchev–Trinajstić information content (AvgIpc) is 2.48. The Labute approximate surface area is 126 Å². The van der Waals surface area contributed by atoms with E-state index in [1.807, 2.05) is 30.3 Å². The molecule has 1 aliphatic heterocycles. The summed E-state index contributed by atoms with van der Waals surface area (Å²) in [5.74, 6) is -0.553. The van der Waals surface area contributed by atoms with Gasteiger partial charge in [-0.3, -0.25) is 4.79 Å². The Hall–Kier alpha value is -2.20. The molecule has 0 unspecified atom stereocenters. The van der Waals surface area contributed by atoms with Crippen LogP contribution in [0.1, 0.15) is 23.6 Å². The molecule has 106 valence electrons. The van der Waals surface area contributed by atoms with Crippen molar-refractivity contribution in [2.24, 2.45) is 5.10 Å². The van der Waals surface area contributed by atoms with E-state index in [1.165, 1.54) is 23.4 Å². The Morgan fingerprint density at radius 1 is 1.19 bits per heavy atom. The number of benzene rings is 2. The van der Waals surface area contributed by atoms with E-state index in [1.54, 1.807) is 6.07 Å². The standard InChI is InChI=1S/C16H12ClFN2O/c17-13-7-4-8-14(18)12(13)10-19-20-15(9-16(20)21)11-5-2-1-3-6-11/h1-8,10,15H,9H2/b19-10-/t15-/m0/s1. The monoisotopic (exact) mass is 302 g/mol. The maximum Gasteiger partial charge on any atom is 0.245 e. The summed E-state index contributed by atoms with van der Waals surface area (Å²) in [7, 11) is 0. The highest BCUT2D eigenvalue weighted by Crippen LogP contribution is 2.34. The predicted molar refractivity (Wildman–Crippen MR) is 79.7 cm³/mol. The SMILES string of the molecule is O=C1C[C@@H](c2ccccc2)N1/N=C\c1c(F)cccc1Cl. The lowest BCUT2D eigenvalue weighted by molar-refractivity contribution is -0.146. The molecule has 1 fully saturated rings. The average molecular weight is 303 g/mol. The lowest BCUT2D eigenvalue weighted by Gasteiger charge is -2.36. The molecule has 0 aromatic heterocycles. The largest absolute Gasteiger partial charge is 0.273 e. The van der Waals surface area contributed by atoms with Gasteiger partial charge in [-0.15, -0.1) is 0 Å². The molecule has 1 saturated heterocycles. The summed E-state index contributed by atoms with van der Waals surface area (Å²) < 4.78 is 13.7. The Morgan fingerprint density at radius 3 is 2.62 bits per heavy atom. The Kier molecular flexibility index (Phi) is 3.71. The summed E-state index contributed by atoms with van der Waals surface area (Å²) in [5, 5.41) is 5.72. The molecule has 0 bridgehead atoms. The smallest absolute Gasteiger partial charge is 0.245 e. The first kappa shape index (κ1) is 13.8. The van der Waals surface area contributed by atoms with Crippen LogP contribution in [0, 0.1) is 5.82 Å². The van der Waals surface area contributed by atoms with Gasteiger partial charge in [0.1, 0.15) is 5.82 Å². The van der Waals surface area contributed by atoms with Gasteiger partial charge in [0, 0.05) is 5.56 Å². The third-order valence-electron chi connectivity index (χ3n) is 3.41. The highest BCUT2D eigenvalue weighted by molar-refractivity contribution is 6.33. The van der Waals surface area contributed by atoms with Gasteiger partial charge in [0.15, 0.2) is 0 Å². The maximum absolute atomic E-state index is 13.7. The van der Waals surface area contributed by atoms with Crippen LogP contribution in [0.4, 0.5) is 4.39 Å². The summed E-state index contributed by atoms with van der Waals surface area (Å²) >= 11 is 5.93. The second-order valence-electron chi connectivity index (χ2n) is 4.75. The van der Waals surface area contributed by atoms with E-state index in [0.717, 1.165) is 5.56 Å². The summed E-state index contributed by atoms with van der Waals surface area (Å²) in [6.07, 6.45) is 1.71. The van der Waals surface area contributed by atoms with Gasteiger partial charge in [-0.2, -0.15) is 5.10 Å². The molecule has 3 rings (SSSR count). The van der Waals surface area contributed by atoms with Gasteiger partial charge < -0.3 is 0 Å². The van der Waals surface area contributed by atoms with Crippen molar-refractivity contribution in [2.75, 3.05) is 0 Å². The third kappa shape index (κ3) is 2.67. The number of carbonyl (C=O) groups is 1. The summed E-state index contributed by atoms with van der Waals surface area (Å²) in [6.45, 7) is 0. The normalized spacial score (nSPS) is 18.1. The Bertz CT molecular complexity index is 682. The number of β-lactam (4-membered cyclic amide) rings is 1. The quantitative estimate of drug-likeness (QED) is 0.627. The number of nitrogens with zero attached hydrogens (tertiary/aromatic N) is 2. The third-order valence-corrected chi connectivity index (χ3v) is 3.74. The number of hydrazone groups is 1. The van der Waals surface area contributed by atoms with Crippen LogP contribution in [0.15, 0.2) is 53.6 Å². The van der Waals surface area contributed by atoms with E-state index < -0.39 is 5.82 Å². The van der Waals surface area contributed by atoms with E-state index in [0.29, 0.717) is 6.42 Å². The molecule has 1 amide bonds. The van der Waals surface area contributed by atoms with Crippen molar-refractivity contribution in [3.63, 3.8) is 0 Å². The van der Waals surface area contributed by atoms with Crippen molar-refractivity contribution in [1.82, 2.24) is 5.01 Å². The maximum atomic E-state index is 13.7. The predicted octanol–water partition coefficient (Wildman–Crippen LogP) is 3.79. The zero-order valence-corrected chi connectivity index (χ0v) is 11.8. The van der Waals surface area contributed by atoms with E-state index in [-0.39, 0.29) is 22.5 Å². The highest BCUT2D eigenvalue weighted by Gasteiger charge is 2.37. The minimum absolute atomic E-state index is 0.0902. The summed E-state index contributed by atoms with van der Waals surface area (Å²) in [4.78, 5) is 11.7. The van der Waals surface area contributed by atoms with Gasteiger partial charge in [-0.1, -0.05) is 48.0 Å². The molecule has 2 aromatic carbocycles. The second kappa shape index (κ2) is 5.66. The Balaban J connectivity index is 1.83. The first-order chi connectivity index (χ1) is 10.2. The van der Waals surface area contributed by atoms with Crippen molar-refractivity contribution in [2.45, 2.75) is 12.5 Å². The molecule has 0 spiro atoms. The van der Waals surface area contributed by atoms with Crippen LogP contribution in [0.3, 0.4) is 0 Å². The minimum atomic E-state index is -0.463. The zero-order chi connectivity index (χ0) is 14.8. The molecule has 1 atom stereocenters. The fourth-order valence-electron chi connectivity index (χ4n) is 2.24. The highest BCUT2D eigenvalue weighted by atomic mass is 35.5. The van der Waals surface area contributed by atoms with Crippen molar-refractivity contribution in [3.05, 3.63) is 70.5 Å². The van der Waals surface area contributed by atoms with Gasteiger partial charge in [-0.25, -0.2) is 9.40 Å². The van der Waals surface area contributed by atoms with Crippen LogP contribution in [0.2, 0.25) is 5.02 Å². The number of amides is 1. The number of hydrogen-bond donors (Lipinski definition) is 0. The van der Waals surface area contributed by atoms with E-state index >= 15 is 0 Å². The minimum Gasteiger partial charge on any atom is -0.273 e. The molecule has 2 aromatic rings. The topological polar surface area (TPSA) is 32.7 Å². The molecule has 3 nitrogen and oxygen atoms in total. The first-order valence-electron chi connectivity index (χ1n) is 6.52. The number of rotatable bonds is 3. The van der Waals surface area contributed by atoms with Gasteiger partial charge in [-0.05, 0) is 17.7 Å². The van der Waals surface area contributed by atoms with E-state index in [4.69, 9.17) is 11.6 Å². The number of carbonyl (C=O) groups excluding carboxylic acids is 1. The lowest BCUT2D eigenvalue weighted by Crippen LogP contribution is -2.42. The fraction of sp³-hybridized carbons (Fsp3) is 0.125. The fourth-order valence-corrected chi connectivity index (χ4v) is 2.45. The molecule has 0 saturated carbocycles. The molecule has 0 aliphatic carbocycles. The number of halogens is 2. The van der Waals surface area contributed by atoms with Crippen LogP contribution in [0.25, 0.3) is 0 Å². The van der Waals surface area contributed by atoms with E-state index in [2.05, 4.69) is 5.10 Å². The Morgan fingerprint density at radius 2 is 1.95 bits per heavy atom. The number of hydrogen-bond acceptors (Lipinski definition) is 2. The molecule has 1 heterocycles. The van der Waals surface area contributed by atoms with Crippen molar-refractivity contribution >= 4 is 23.7 Å². The molecule has 0 N–H and O–H groups in total. The molecule has 1 aliphatic rings. The van der Waals surface area contributed by atoms with Crippen LogP contribution in [-0.4, -0.2) is 17.1 Å². The lowest BCUT2D eigenvalue weighted by atomic mass is 9.96. The van der Waals surface area contributed by atoms with E-state index in [9.17, 15) is 9.18 Å². The summed E-state index contributed by atoms with van der Waals surface area (Å²) in [5.41, 5.74) is 1.19. The molecular weight excluding hydrogens is 291 g/mol. The van der Waals surface area contributed by atoms with Crippen LogP contribution in [0.5, 0.6) is 0 Å². The van der Waals surface area contributed by atoms with Crippen molar-refractivity contribution < 1.29 is 9.18 Å². The van der Waals surface area contributed by atoms with Crippen molar-refractivity contribution in [3.8, 4) is 0 Å². The van der Waals surface area contributed by atoms with Gasteiger partial charge in [0.2, 0.25) is 5.91 Å². The van der Waals surface area contributed by atoms with Crippen LogP contribution in [-0.2, 0) is 4.79 Å². The van der Waals surface area contributed by atoms with Gasteiger partial charge >= 0.3 is 0 Å². The van der Waals surface area contributed by atoms with Crippen LogP contribution >= 0.6 is 11.6 Å². The van der Waals surface area contributed by atoms with Crippen molar-refractivity contribution in [1.29, 1.82) is 0 Å². The molecular formula is C16H12ClFN2O. The van der Waals surface area contributed by atoms with Crippen LogP contribution < -0.4 is 0 Å². The first-order valence-corrected chi connectivity index (χ1v) is 6.89. The molecule has 0 radical (unpaired) electrons. The van der Waals surface area contributed by atoms with Gasteiger partial charge in [0.05, 0.1) is 23.7 Å². The zero-order valence-electron chi connectivity index (χ0n) is 11.0. The molecule has 21 heavy (non-hydrogen) atoms. The summed E-state index contributed by atoms with van der Waals surface area (Å²) in [6, 6.07) is 13.9. The van der Waals surface area contributed by atoms with Gasteiger partial charge in [0.25, 0.3) is 0 Å². The second-order valence-corrected chi connectivity index (χ2v) is 5.16.